The summed E-state index contributed by atoms with van der Waals surface area (Å²) < 4.78 is 7.02. The Bertz CT molecular complexity index is 1590. The van der Waals surface area contributed by atoms with E-state index in [0.717, 1.165) is 54.9 Å². The van der Waals surface area contributed by atoms with Gasteiger partial charge < -0.3 is 14.6 Å². The third kappa shape index (κ3) is 5.55. The maximum absolute atomic E-state index is 13.1. The summed E-state index contributed by atoms with van der Waals surface area (Å²) in [5.41, 5.74) is 9.84. The summed E-state index contributed by atoms with van der Waals surface area (Å²) in [7, 11) is 3.43. The number of aromatic nitrogens is 2. The van der Waals surface area contributed by atoms with Crippen LogP contribution in [0.15, 0.2) is 73.1 Å². The molecule has 4 aromatic rings. The van der Waals surface area contributed by atoms with Crippen LogP contribution in [0.1, 0.15) is 56.3 Å². The van der Waals surface area contributed by atoms with E-state index in [1.807, 2.05) is 49.8 Å². The Morgan fingerprint density at radius 1 is 1.05 bits per heavy atom. The van der Waals surface area contributed by atoms with Crippen molar-refractivity contribution in [2.45, 2.75) is 45.3 Å². The highest BCUT2D eigenvalue weighted by molar-refractivity contribution is 5.91. The lowest BCUT2D eigenvalue weighted by Crippen LogP contribution is -2.33. The lowest BCUT2D eigenvalue weighted by atomic mass is 9.87. The second-order valence-electron chi connectivity index (χ2n) is 11.2. The van der Waals surface area contributed by atoms with Gasteiger partial charge in [0.1, 0.15) is 0 Å². The Kier molecular flexibility index (Phi) is 7.45. The number of rotatable bonds is 8. The summed E-state index contributed by atoms with van der Waals surface area (Å²) >= 11 is 0. The molecule has 41 heavy (non-hydrogen) atoms. The maximum atomic E-state index is 13.1. The maximum Gasteiger partial charge on any atom is 0.337 e. The van der Waals surface area contributed by atoms with Crippen LogP contribution in [-0.2, 0) is 42.6 Å². The topological polar surface area (TPSA) is 76.5 Å². The van der Waals surface area contributed by atoms with Crippen molar-refractivity contribution in [1.82, 2.24) is 19.8 Å². The van der Waals surface area contributed by atoms with Gasteiger partial charge >= 0.3 is 5.97 Å². The SMILES string of the molecule is COC(=O)c1cccc(-c2ccc(CNC(=O)[C@@H]3C[C@@H]3c3ccccc3)c3c2CCN(Cc2ncn(C)c2C)C3)c1. The average Bonchev–Trinajstić information content (AvgIpc) is 3.76. The smallest absolute Gasteiger partial charge is 0.337 e. The van der Waals surface area contributed by atoms with Crippen LogP contribution >= 0.6 is 0 Å². The van der Waals surface area contributed by atoms with Crippen molar-refractivity contribution in [3.8, 4) is 11.1 Å². The Labute approximate surface area is 241 Å². The van der Waals surface area contributed by atoms with Gasteiger partial charge in [-0.15, -0.1) is 0 Å². The van der Waals surface area contributed by atoms with E-state index in [0.29, 0.717) is 18.0 Å². The summed E-state index contributed by atoms with van der Waals surface area (Å²) in [6.07, 6.45) is 3.65. The molecule has 0 spiro atoms. The van der Waals surface area contributed by atoms with Gasteiger partial charge in [-0.25, -0.2) is 9.78 Å². The summed E-state index contributed by atoms with van der Waals surface area (Å²) in [6.45, 7) is 5.06. The van der Waals surface area contributed by atoms with Crippen LogP contribution in [0.25, 0.3) is 11.1 Å². The molecule has 210 valence electrons. The molecule has 2 heterocycles. The first-order chi connectivity index (χ1) is 19.9. The van der Waals surface area contributed by atoms with Crippen LogP contribution in [0.4, 0.5) is 0 Å². The Hall–Kier alpha value is -4.23. The highest BCUT2D eigenvalue weighted by Crippen LogP contribution is 2.47. The molecular formula is C34H36N4O3. The van der Waals surface area contributed by atoms with Gasteiger partial charge in [0.2, 0.25) is 5.91 Å². The predicted octanol–water partition coefficient (Wildman–Crippen LogP) is 5.16. The highest BCUT2D eigenvalue weighted by Gasteiger charge is 2.43. The summed E-state index contributed by atoms with van der Waals surface area (Å²) in [6, 6.07) is 22.2. The zero-order chi connectivity index (χ0) is 28.5. The number of hydrogen-bond donors (Lipinski definition) is 1. The molecule has 1 saturated carbocycles. The molecule has 2 atom stereocenters. The molecule has 7 nitrogen and oxygen atoms in total. The lowest BCUT2D eigenvalue weighted by molar-refractivity contribution is -0.122. The van der Waals surface area contributed by atoms with Crippen LogP contribution in [0.2, 0.25) is 0 Å². The first kappa shape index (κ1) is 27.0. The summed E-state index contributed by atoms with van der Waals surface area (Å²) in [5, 5.41) is 3.24. The Balaban J connectivity index is 1.26. The van der Waals surface area contributed by atoms with Gasteiger partial charge in [0.15, 0.2) is 0 Å². The normalized spacial score (nSPS) is 18.0. The van der Waals surface area contributed by atoms with Crippen LogP contribution in [0.3, 0.4) is 0 Å². The van der Waals surface area contributed by atoms with Gasteiger partial charge in [-0.05, 0) is 71.2 Å². The number of nitrogens with one attached hydrogen (secondary N) is 1. The van der Waals surface area contributed by atoms with Gasteiger partial charge in [-0.3, -0.25) is 9.69 Å². The minimum atomic E-state index is -0.342. The number of fused-ring (bicyclic) bond motifs is 1. The van der Waals surface area contributed by atoms with Crippen LogP contribution in [0.5, 0.6) is 0 Å². The third-order valence-electron chi connectivity index (χ3n) is 8.70. The number of hydrogen-bond acceptors (Lipinski definition) is 5. The van der Waals surface area contributed by atoms with E-state index in [-0.39, 0.29) is 17.8 Å². The number of carbonyl (C=O) groups is 2. The third-order valence-corrected chi connectivity index (χ3v) is 8.70. The van der Waals surface area contributed by atoms with Gasteiger partial charge in [-0.1, -0.05) is 54.6 Å². The van der Waals surface area contributed by atoms with Gasteiger partial charge in [0, 0.05) is 44.8 Å². The molecule has 1 aliphatic heterocycles. The molecule has 6 rings (SSSR count). The Morgan fingerprint density at radius 2 is 1.88 bits per heavy atom. The molecule has 2 aliphatic rings. The molecule has 1 aromatic heterocycles. The van der Waals surface area contributed by atoms with E-state index in [9.17, 15) is 9.59 Å². The minimum Gasteiger partial charge on any atom is -0.465 e. The fourth-order valence-electron chi connectivity index (χ4n) is 6.07. The molecule has 0 bridgehead atoms. The number of amides is 1. The molecule has 0 saturated heterocycles. The summed E-state index contributed by atoms with van der Waals surface area (Å²) in [5.74, 6) is 0.133. The molecule has 0 unspecified atom stereocenters. The molecule has 7 heteroatoms. The van der Waals surface area contributed by atoms with E-state index in [2.05, 4.69) is 51.0 Å². The second kappa shape index (κ2) is 11.3. The fraction of sp³-hybridized carbons (Fsp3) is 0.324. The molecule has 1 aliphatic carbocycles. The van der Waals surface area contributed by atoms with E-state index in [1.165, 1.54) is 29.5 Å². The van der Waals surface area contributed by atoms with Crippen LogP contribution in [-0.4, -0.2) is 40.0 Å². The van der Waals surface area contributed by atoms with Crippen molar-refractivity contribution in [2.75, 3.05) is 13.7 Å². The van der Waals surface area contributed by atoms with E-state index >= 15 is 0 Å². The van der Waals surface area contributed by atoms with Gasteiger partial charge in [0.25, 0.3) is 0 Å². The zero-order valence-electron chi connectivity index (χ0n) is 23.9. The predicted molar refractivity (Wildman–Crippen MR) is 158 cm³/mol. The fourth-order valence-corrected chi connectivity index (χ4v) is 6.07. The van der Waals surface area contributed by atoms with Crippen molar-refractivity contribution in [2.24, 2.45) is 13.0 Å². The standard InChI is InChI=1S/C34H36N4O3/c1-22-32(36-21-37(22)2)20-38-15-14-28-27(24-10-7-11-25(16-24)34(40)41-3)13-12-26(31(28)19-38)18-35-33(39)30-17-29(30)23-8-5-4-6-9-23/h4-13,16,21,29-30H,14-15,17-20H2,1-3H3,(H,35,39)/t29-,30-/m1/s1. The largest absolute Gasteiger partial charge is 0.465 e. The minimum absolute atomic E-state index is 0.0391. The highest BCUT2D eigenvalue weighted by atomic mass is 16.5. The van der Waals surface area contributed by atoms with Crippen LogP contribution in [0, 0.1) is 12.8 Å². The molecule has 3 aromatic carbocycles. The average molecular weight is 549 g/mol. The Morgan fingerprint density at radius 3 is 2.63 bits per heavy atom. The van der Waals surface area contributed by atoms with Gasteiger partial charge in [-0.2, -0.15) is 0 Å². The molecular weight excluding hydrogens is 512 g/mol. The molecule has 0 radical (unpaired) electrons. The molecule has 1 fully saturated rings. The van der Waals surface area contributed by atoms with E-state index < -0.39 is 0 Å². The summed E-state index contributed by atoms with van der Waals surface area (Å²) in [4.78, 5) is 32.4. The number of benzene rings is 3. The number of nitrogens with zero attached hydrogens (tertiary/aromatic N) is 3. The molecule has 1 N–H and O–H groups in total. The number of imidazole rings is 1. The van der Waals surface area contributed by atoms with Crippen molar-refractivity contribution in [3.63, 3.8) is 0 Å². The first-order valence-corrected chi connectivity index (χ1v) is 14.3. The monoisotopic (exact) mass is 548 g/mol. The number of ether oxygens (including phenoxy) is 1. The number of esters is 1. The van der Waals surface area contributed by atoms with E-state index in [4.69, 9.17) is 4.74 Å². The quantitative estimate of drug-likeness (QED) is 0.308. The van der Waals surface area contributed by atoms with Crippen molar-refractivity contribution >= 4 is 11.9 Å². The first-order valence-electron chi connectivity index (χ1n) is 14.3. The number of carbonyl (C=O) groups excluding carboxylic acids is 2. The lowest BCUT2D eigenvalue weighted by Gasteiger charge is -2.32. The van der Waals surface area contributed by atoms with Gasteiger partial charge in [0.05, 0.1) is 24.7 Å². The zero-order valence-corrected chi connectivity index (χ0v) is 23.9. The number of aryl methyl sites for hydroxylation is 1. The van der Waals surface area contributed by atoms with Crippen molar-refractivity contribution in [1.29, 1.82) is 0 Å². The van der Waals surface area contributed by atoms with Crippen molar-refractivity contribution in [3.05, 3.63) is 112 Å². The second-order valence-corrected chi connectivity index (χ2v) is 11.2. The molecule has 1 amide bonds. The van der Waals surface area contributed by atoms with E-state index in [1.54, 1.807) is 6.07 Å². The number of methoxy groups -OCH3 is 1. The van der Waals surface area contributed by atoms with Crippen molar-refractivity contribution < 1.29 is 14.3 Å². The van der Waals surface area contributed by atoms with Crippen LogP contribution < -0.4 is 5.32 Å².